The van der Waals surface area contributed by atoms with Gasteiger partial charge in [0.15, 0.2) is 0 Å². The summed E-state index contributed by atoms with van der Waals surface area (Å²) in [4.78, 5) is 3.68. The Kier molecular flexibility index (Phi) is 2.03. The number of rotatable bonds is 2. The summed E-state index contributed by atoms with van der Waals surface area (Å²) in [6.45, 7) is -1.06. The Balaban J connectivity index is 2.44. The van der Waals surface area contributed by atoms with E-state index in [1.54, 1.807) is 6.92 Å². The molecule has 0 atom stereocenters. The lowest BCUT2D eigenvalue weighted by Crippen LogP contribution is -2.03. The van der Waals surface area contributed by atoms with Crippen molar-refractivity contribution in [2.45, 2.75) is 13.5 Å². The number of nitrogens with one attached hydrogen (secondary N) is 1. The van der Waals surface area contributed by atoms with E-state index >= 15 is 0 Å². The van der Waals surface area contributed by atoms with Crippen molar-refractivity contribution in [1.82, 2.24) is 15.2 Å². The molecule has 6 heteroatoms. The Bertz CT molecular complexity index is 455. The topological polar surface area (TPSA) is 50.8 Å². The lowest BCUT2D eigenvalue weighted by atomic mass is 10.2. The average molecular weight is 199 g/mol. The van der Waals surface area contributed by atoms with Gasteiger partial charge in [-0.25, -0.2) is 4.98 Å². The van der Waals surface area contributed by atoms with Crippen molar-refractivity contribution >= 4 is 10.9 Å². The lowest BCUT2D eigenvalue weighted by molar-refractivity contribution is -0.0527. The van der Waals surface area contributed by atoms with Crippen molar-refractivity contribution in [3.63, 3.8) is 0 Å². The van der Waals surface area contributed by atoms with Crippen molar-refractivity contribution in [2.24, 2.45) is 0 Å². The Morgan fingerprint density at radius 1 is 1.50 bits per heavy atom. The molecule has 0 aromatic carbocycles. The van der Waals surface area contributed by atoms with E-state index in [1.807, 2.05) is 0 Å². The standard InChI is InChI=1S/C8H7F2N3O/c1-4-5-2-7(14-8(9)10)11-3-6(5)13-12-4/h2-3,8H,1H3,(H,12,13). The molecule has 0 spiro atoms. The minimum absolute atomic E-state index is 0.1000. The van der Waals surface area contributed by atoms with Gasteiger partial charge in [-0.05, 0) is 6.92 Å². The fraction of sp³-hybridized carbons (Fsp3) is 0.250. The van der Waals surface area contributed by atoms with Crippen LogP contribution >= 0.6 is 0 Å². The van der Waals surface area contributed by atoms with Crippen LogP contribution in [-0.4, -0.2) is 21.8 Å². The number of fused-ring (bicyclic) bond motifs is 1. The number of aromatic nitrogens is 3. The smallest absolute Gasteiger partial charge is 0.388 e. The van der Waals surface area contributed by atoms with Crippen LogP contribution in [0.1, 0.15) is 5.69 Å². The van der Waals surface area contributed by atoms with E-state index in [-0.39, 0.29) is 5.88 Å². The highest BCUT2D eigenvalue weighted by atomic mass is 19.3. The van der Waals surface area contributed by atoms with Crippen LogP contribution < -0.4 is 4.74 Å². The molecule has 0 radical (unpaired) electrons. The van der Waals surface area contributed by atoms with Crippen LogP contribution in [0.4, 0.5) is 8.78 Å². The zero-order valence-electron chi connectivity index (χ0n) is 7.29. The molecule has 0 unspecified atom stereocenters. The second-order valence-corrected chi connectivity index (χ2v) is 2.77. The molecule has 74 valence electrons. The minimum Gasteiger partial charge on any atom is -0.417 e. The molecule has 0 aliphatic heterocycles. The zero-order valence-corrected chi connectivity index (χ0v) is 7.29. The van der Waals surface area contributed by atoms with Gasteiger partial charge < -0.3 is 4.74 Å². The van der Waals surface area contributed by atoms with Crippen molar-refractivity contribution < 1.29 is 13.5 Å². The molecule has 14 heavy (non-hydrogen) atoms. The summed E-state index contributed by atoms with van der Waals surface area (Å²) >= 11 is 0. The first kappa shape index (κ1) is 8.86. The molecule has 2 rings (SSSR count). The van der Waals surface area contributed by atoms with Gasteiger partial charge in [0.05, 0.1) is 6.20 Å². The quantitative estimate of drug-likeness (QED) is 0.803. The van der Waals surface area contributed by atoms with Crippen molar-refractivity contribution in [1.29, 1.82) is 0 Å². The highest BCUT2D eigenvalue weighted by Crippen LogP contribution is 2.19. The number of halogens is 2. The van der Waals surface area contributed by atoms with Crippen LogP contribution in [0.2, 0.25) is 0 Å². The summed E-state index contributed by atoms with van der Waals surface area (Å²) in [6.07, 6.45) is 1.39. The minimum atomic E-state index is -2.85. The first-order valence-electron chi connectivity index (χ1n) is 3.92. The third kappa shape index (κ3) is 1.50. The maximum absolute atomic E-state index is 11.9. The summed E-state index contributed by atoms with van der Waals surface area (Å²) in [5, 5.41) is 7.36. The van der Waals surface area contributed by atoms with E-state index < -0.39 is 6.61 Å². The van der Waals surface area contributed by atoms with Gasteiger partial charge in [0, 0.05) is 17.1 Å². The molecular formula is C8H7F2N3O. The van der Waals surface area contributed by atoms with Gasteiger partial charge in [0.2, 0.25) is 5.88 Å². The summed E-state index contributed by atoms with van der Waals surface area (Å²) in [7, 11) is 0. The van der Waals surface area contributed by atoms with E-state index in [2.05, 4.69) is 19.9 Å². The van der Waals surface area contributed by atoms with Crippen molar-refractivity contribution in [3.8, 4) is 5.88 Å². The van der Waals surface area contributed by atoms with E-state index in [0.717, 1.165) is 11.1 Å². The molecule has 2 aromatic rings. The van der Waals surface area contributed by atoms with Crippen LogP contribution in [-0.2, 0) is 0 Å². The van der Waals surface area contributed by atoms with Crippen LogP contribution in [0.15, 0.2) is 12.3 Å². The van der Waals surface area contributed by atoms with E-state index in [4.69, 9.17) is 0 Å². The number of hydrogen-bond donors (Lipinski definition) is 1. The third-order valence-corrected chi connectivity index (χ3v) is 1.82. The van der Waals surface area contributed by atoms with Gasteiger partial charge in [0.1, 0.15) is 5.52 Å². The number of nitrogens with zero attached hydrogens (tertiary/aromatic N) is 2. The Hall–Kier alpha value is -1.72. The highest BCUT2D eigenvalue weighted by Gasteiger charge is 2.08. The van der Waals surface area contributed by atoms with Gasteiger partial charge in [-0.3, -0.25) is 5.10 Å². The second-order valence-electron chi connectivity index (χ2n) is 2.77. The summed E-state index contributed by atoms with van der Waals surface area (Å²) in [5.41, 5.74) is 1.42. The first-order valence-corrected chi connectivity index (χ1v) is 3.92. The molecule has 0 bridgehead atoms. The van der Waals surface area contributed by atoms with Gasteiger partial charge in [0.25, 0.3) is 0 Å². The normalized spacial score (nSPS) is 11.1. The van der Waals surface area contributed by atoms with Crippen LogP contribution in [0.3, 0.4) is 0 Å². The molecule has 2 heterocycles. The monoisotopic (exact) mass is 199 g/mol. The molecular weight excluding hydrogens is 192 g/mol. The summed E-state index contributed by atoms with van der Waals surface area (Å²) in [6, 6.07) is 1.43. The number of hydrogen-bond acceptors (Lipinski definition) is 3. The van der Waals surface area contributed by atoms with Crippen molar-refractivity contribution in [2.75, 3.05) is 0 Å². The third-order valence-electron chi connectivity index (χ3n) is 1.82. The van der Waals surface area contributed by atoms with Crippen LogP contribution in [0.25, 0.3) is 10.9 Å². The van der Waals surface area contributed by atoms with Gasteiger partial charge in [-0.1, -0.05) is 0 Å². The maximum Gasteiger partial charge on any atom is 0.388 e. The second kappa shape index (κ2) is 3.21. The molecule has 0 aliphatic carbocycles. The van der Waals surface area contributed by atoms with Gasteiger partial charge in [-0.2, -0.15) is 13.9 Å². The Morgan fingerprint density at radius 3 is 3.00 bits per heavy atom. The predicted molar refractivity (Wildman–Crippen MR) is 45.3 cm³/mol. The molecule has 0 saturated heterocycles. The fourth-order valence-corrected chi connectivity index (χ4v) is 1.18. The molecule has 4 nitrogen and oxygen atoms in total. The number of H-pyrrole nitrogens is 1. The number of aromatic amines is 1. The Labute approximate surface area is 77.9 Å². The largest absolute Gasteiger partial charge is 0.417 e. The van der Waals surface area contributed by atoms with E-state index in [1.165, 1.54) is 12.3 Å². The van der Waals surface area contributed by atoms with Crippen molar-refractivity contribution in [3.05, 3.63) is 18.0 Å². The SMILES string of the molecule is Cc1[nH]nc2cnc(OC(F)F)cc12. The van der Waals surface area contributed by atoms with Crippen LogP contribution in [0, 0.1) is 6.92 Å². The van der Waals surface area contributed by atoms with E-state index in [9.17, 15) is 8.78 Å². The summed E-state index contributed by atoms with van der Waals surface area (Å²) < 4.78 is 27.9. The molecule has 0 saturated carbocycles. The fourth-order valence-electron chi connectivity index (χ4n) is 1.18. The molecule has 2 aromatic heterocycles. The number of pyridine rings is 1. The predicted octanol–water partition coefficient (Wildman–Crippen LogP) is 1.87. The Morgan fingerprint density at radius 2 is 2.29 bits per heavy atom. The summed E-state index contributed by atoms with van der Waals surface area (Å²) in [5.74, 6) is -0.1000. The lowest BCUT2D eigenvalue weighted by Gasteiger charge is -2.01. The zero-order chi connectivity index (χ0) is 10.1. The van der Waals surface area contributed by atoms with E-state index in [0.29, 0.717) is 5.52 Å². The number of aryl methyl sites for hydroxylation is 1. The average Bonchev–Trinajstić information content (AvgIpc) is 2.47. The molecule has 0 fully saturated rings. The molecule has 1 N–H and O–H groups in total. The van der Waals surface area contributed by atoms with Gasteiger partial charge >= 0.3 is 6.61 Å². The number of alkyl halides is 2. The van der Waals surface area contributed by atoms with Crippen LogP contribution in [0.5, 0.6) is 5.88 Å². The molecule has 0 aliphatic rings. The molecule has 0 amide bonds. The van der Waals surface area contributed by atoms with Gasteiger partial charge in [-0.15, -0.1) is 0 Å². The maximum atomic E-state index is 11.9. The number of ether oxygens (including phenoxy) is 1. The first-order chi connectivity index (χ1) is 6.66. The highest BCUT2D eigenvalue weighted by molar-refractivity contribution is 5.81.